The minimum atomic E-state index is -0.928. The molecule has 8 heteroatoms. The molecule has 3 aromatic rings. The first-order chi connectivity index (χ1) is 17.3. The van der Waals surface area contributed by atoms with Gasteiger partial charge >= 0.3 is 0 Å². The van der Waals surface area contributed by atoms with Crippen molar-refractivity contribution in [2.45, 2.75) is 51.8 Å². The van der Waals surface area contributed by atoms with E-state index in [1.54, 1.807) is 7.11 Å². The number of β-amino-alcohol motifs (C(OH)–C–C–N with tert-alkyl or cyclic N) is 1. The van der Waals surface area contributed by atoms with Gasteiger partial charge in [0.2, 0.25) is 0 Å². The third-order valence-corrected chi connectivity index (χ3v) is 6.89. The lowest BCUT2D eigenvalue weighted by Gasteiger charge is -2.39. The number of benzene rings is 2. The second-order valence-corrected chi connectivity index (χ2v) is 10.0. The van der Waals surface area contributed by atoms with E-state index in [2.05, 4.69) is 20.5 Å². The Morgan fingerprint density at radius 3 is 2.72 bits per heavy atom. The molecule has 1 aliphatic rings. The molecule has 2 heterocycles. The van der Waals surface area contributed by atoms with Crippen LogP contribution in [0.2, 0.25) is 5.02 Å². The van der Waals surface area contributed by atoms with Gasteiger partial charge in [-0.25, -0.2) is 4.98 Å². The molecule has 1 atom stereocenters. The van der Waals surface area contributed by atoms with Crippen molar-refractivity contribution in [3.05, 3.63) is 70.8 Å². The fraction of sp³-hybridized carbons (Fsp3) is 0.464. The van der Waals surface area contributed by atoms with Gasteiger partial charge in [0, 0.05) is 32.0 Å². The van der Waals surface area contributed by atoms with Gasteiger partial charge in [0.15, 0.2) is 11.5 Å². The van der Waals surface area contributed by atoms with Crippen LogP contribution in [-0.2, 0) is 13.1 Å². The summed E-state index contributed by atoms with van der Waals surface area (Å²) in [7, 11) is 1.65. The minimum Gasteiger partial charge on any atom is -0.493 e. The van der Waals surface area contributed by atoms with E-state index in [0.717, 1.165) is 54.4 Å². The third kappa shape index (κ3) is 6.93. The molecule has 1 aromatic heterocycles. The molecule has 4 rings (SSSR count). The Hall–Kier alpha value is -2.74. The summed E-state index contributed by atoms with van der Waals surface area (Å²) < 4.78 is 19.7. The number of aryl methyl sites for hydroxylation is 3. The Morgan fingerprint density at radius 1 is 1.08 bits per heavy atom. The molecular weight excluding hydrogens is 478 g/mol. The van der Waals surface area contributed by atoms with Crippen LogP contribution in [-0.4, -0.2) is 58.6 Å². The SMILES string of the molecule is COc1ccc(CN2CCCC(O)(COc3cc(C)ccc3Cl)C2)cc1OCCCn1ccnc1C. The van der Waals surface area contributed by atoms with Crippen molar-refractivity contribution in [1.82, 2.24) is 14.5 Å². The Labute approximate surface area is 218 Å². The number of aromatic nitrogens is 2. The zero-order chi connectivity index (χ0) is 25.5. The van der Waals surface area contributed by atoms with E-state index in [0.29, 0.717) is 36.9 Å². The Bertz CT molecular complexity index is 1150. The number of nitrogens with zero attached hydrogens (tertiary/aromatic N) is 3. The van der Waals surface area contributed by atoms with E-state index >= 15 is 0 Å². The molecule has 2 aromatic carbocycles. The van der Waals surface area contributed by atoms with Gasteiger partial charge < -0.3 is 23.9 Å². The number of aliphatic hydroxyl groups is 1. The highest BCUT2D eigenvalue weighted by Gasteiger charge is 2.34. The predicted octanol–water partition coefficient (Wildman–Crippen LogP) is 5.04. The van der Waals surface area contributed by atoms with Crippen LogP contribution in [0.5, 0.6) is 17.2 Å². The van der Waals surface area contributed by atoms with Crippen molar-refractivity contribution in [3.63, 3.8) is 0 Å². The van der Waals surface area contributed by atoms with Gasteiger partial charge in [0.05, 0.1) is 18.7 Å². The molecule has 0 radical (unpaired) electrons. The second kappa shape index (κ2) is 12.0. The van der Waals surface area contributed by atoms with Crippen molar-refractivity contribution in [2.24, 2.45) is 0 Å². The standard InChI is InChI=1S/C28H36ClN3O4/c1-21-6-8-24(29)26(16-21)36-20-28(33)10-4-12-31(19-28)18-23-7-9-25(34-3)27(17-23)35-15-5-13-32-14-11-30-22(32)2/h6-9,11,14,16-17,33H,4-5,10,12-13,15,18-20H2,1-3H3. The van der Waals surface area contributed by atoms with Crippen molar-refractivity contribution in [1.29, 1.82) is 0 Å². The molecule has 1 aliphatic heterocycles. The molecule has 0 bridgehead atoms. The Kier molecular flexibility index (Phi) is 8.77. The highest BCUT2D eigenvalue weighted by molar-refractivity contribution is 6.32. The molecule has 36 heavy (non-hydrogen) atoms. The lowest BCUT2D eigenvalue weighted by Crippen LogP contribution is -2.51. The summed E-state index contributed by atoms with van der Waals surface area (Å²) in [4.78, 5) is 6.52. The molecular formula is C28H36ClN3O4. The van der Waals surface area contributed by atoms with Gasteiger partial charge in [-0.3, -0.25) is 4.90 Å². The van der Waals surface area contributed by atoms with Gasteiger partial charge in [0.1, 0.15) is 23.8 Å². The molecule has 0 spiro atoms. The number of piperidine rings is 1. The van der Waals surface area contributed by atoms with Gasteiger partial charge in [-0.15, -0.1) is 0 Å². The van der Waals surface area contributed by atoms with Crippen LogP contribution in [0, 0.1) is 13.8 Å². The summed E-state index contributed by atoms with van der Waals surface area (Å²) in [6.45, 7) is 7.80. The quantitative estimate of drug-likeness (QED) is 0.362. The molecule has 0 amide bonds. The number of hydrogen-bond donors (Lipinski definition) is 1. The number of ether oxygens (including phenoxy) is 3. The first-order valence-corrected chi connectivity index (χ1v) is 12.8. The predicted molar refractivity (Wildman–Crippen MR) is 141 cm³/mol. The summed E-state index contributed by atoms with van der Waals surface area (Å²) in [6, 6.07) is 11.7. The molecule has 194 valence electrons. The smallest absolute Gasteiger partial charge is 0.161 e. The topological polar surface area (TPSA) is 69.0 Å². The Balaban J connectivity index is 1.33. The lowest BCUT2D eigenvalue weighted by atomic mass is 9.93. The van der Waals surface area contributed by atoms with Crippen LogP contribution >= 0.6 is 11.6 Å². The molecule has 0 saturated carbocycles. The normalized spacial score (nSPS) is 18.2. The van der Waals surface area contributed by atoms with Crippen LogP contribution in [0.15, 0.2) is 48.8 Å². The summed E-state index contributed by atoms with van der Waals surface area (Å²) in [5, 5.41) is 11.8. The first kappa shape index (κ1) is 26.3. The minimum absolute atomic E-state index is 0.208. The first-order valence-electron chi connectivity index (χ1n) is 12.5. The van der Waals surface area contributed by atoms with Crippen LogP contribution in [0.3, 0.4) is 0 Å². The van der Waals surface area contributed by atoms with Gasteiger partial charge in [-0.1, -0.05) is 23.7 Å². The number of imidazole rings is 1. The zero-order valence-electron chi connectivity index (χ0n) is 21.4. The molecule has 1 fully saturated rings. The number of methoxy groups -OCH3 is 1. The number of halogens is 1. The van der Waals surface area contributed by atoms with Crippen LogP contribution in [0.25, 0.3) is 0 Å². The van der Waals surface area contributed by atoms with Crippen molar-refractivity contribution >= 4 is 11.6 Å². The van der Waals surface area contributed by atoms with Gasteiger partial charge in [-0.2, -0.15) is 0 Å². The van der Waals surface area contributed by atoms with E-state index in [1.807, 2.05) is 56.6 Å². The van der Waals surface area contributed by atoms with Gasteiger partial charge in [-0.05, 0) is 75.0 Å². The molecule has 0 aliphatic carbocycles. The van der Waals surface area contributed by atoms with E-state index in [4.69, 9.17) is 25.8 Å². The largest absolute Gasteiger partial charge is 0.493 e. The molecule has 1 saturated heterocycles. The average Bonchev–Trinajstić information content (AvgIpc) is 3.27. The van der Waals surface area contributed by atoms with E-state index < -0.39 is 5.60 Å². The lowest BCUT2D eigenvalue weighted by molar-refractivity contribution is -0.0621. The third-order valence-electron chi connectivity index (χ3n) is 6.58. The van der Waals surface area contributed by atoms with Gasteiger partial charge in [0.25, 0.3) is 0 Å². The highest BCUT2D eigenvalue weighted by Crippen LogP contribution is 2.31. The van der Waals surface area contributed by atoms with E-state index in [1.165, 1.54) is 0 Å². The second-order valence-electron chi connectivity index (χ2n) is 9.62. The molecule has 7 nitrogen and oxygen atoms in total. The summed E-state index contributed by atoms with van der Waals surface area (Å²) >= 11 is 6.27. The van der Waals surface area contributed by atoms with Crippen LogP contribution < -0.4 is 14.2 Å². The Morgan fingerprint density at radius 2 is 1.94 bits per heavy atom. The molecule has 1 N–H and O–H groups in total. The monoisotopic (exact) mass is 513 g/mol. The van der Waals surface area contributed by atoms with Crippen LogP contribution in [0.4, 0.5) is 0 Å². The maximum absolute atomic E-state index is 11.3. The maximum Gasteiger partial charge on any atom is 0.161 e. The van der Waals surface area contributed by atoms with E-state index in [9.17, 15) is 5.11 Å². The average molecular weight is 514 g/mol. The summed E-state index contributed by atoms with van der Waals surface area (Å²) in [5.74, 6) is 3.07. The molecule has 1 unspecified atom stereocenters. The fourth-order valence-corrected chi connectivity index (χ4v) is 4.81. The van der Waals surface area contributed by atoms with Crippen molar-refractivity contribution < 1.29 is 19.3 Å². The number of hydrogen-bond acceptors (Lipinski definition) is 6. The fourth-order valence-electron chi connectivity index (χ4n) is 4.64. The number of likely N-dealkylation sites (tertiary alicyclic amines) is 1. The van der Waals surface area contributed by atoms with Crippen LogP contribution in [0.1, 0.15) is 36.2 Å². The summed E-state index contributed by atoms with van der Waals surface area (Å²) in [6.07, 6.45) is 6.26. The van der Waals surface area contributed by atoms with Crippen molar-refractivity contribution in [2.75, 3.05) is 33.4 Å². The summed E-state index contributed by atoms with van der Waals surface area (Å²) in [5.41, 5.74) is 1.26. The van der Waals surface area contributed by atoms with Crippen molar-refractivity contribution in [3.8, 4) is 17.2 Å². The highest BCUT2D eigenvalue weighted by atomic mass is 35.5. The maximum atomic E-state index is 11.3. The zero-order valence-corrected chi connectivity index (χ0v) is 22.1. The van der Waals surface area contributed by atoms with E-state index in [-0.39, 0.29) is 6.61 Å². The number of rotatable bonds is 11.